The summed E-state index contributed by atoms with van der Waals surface area (Å²) in [4.78, 5) is 12.8. The van der Waals surface area contributed by atoms with E-state index in [0.717, 1.165) is 25.9 Å². The summed E-state index contributed by atoms with van der Waals surface area (Å²) < 4.78 is 11.9. The Hall–Kier alpha value is -0.650. The maximum absolute atomic E-state index is 12.8. The van der Waals surface area contributed by atoms with Crippen molar-refractivity contribution < 1.29 is 14.3 Å². The Balaban J connectivity index is 1.96. The van der Waals surface area contributed by atoms with Crippen LogP contribution in [0.3, 0.4) is 0 Å². The molecule has 2 fully saturated rings. The van der Waals surface area contributed by atoms with Gasteiger partial charge in [-0.2, -0.15) is 0 Å². The highest BCUT2D eigenvalue weighted by Gasteiger charge is 2.62. The number of nitrogens with two attached hydrogens (primary N) is 1. The van der Waals surface area contributed by atoms with Crippen molar-refractivity contribution in [1.29, 1.82) is 0 Å². The van der Waals surface area contributed by atoms with E-state index in [1.165, 1.54) is 19.3 Å². The van der Waals surface area contributed by atoms with E-state index in [0.29, 0.717) is 19.6 Å². The average Bonchev–Trinajstić information content (AvgIpc) is 2.58. The van der Waals surface area contributed by atoms with Crippen LogP contribution in [0.15, 0.2) is 0 Å². The summed E-state index contributed by atoms with van der Waals surface area (Å²) in [5.74, 6) is -0.0616. The molecule has 2 unspecified atom stereocenters. The predicted octanol–water partition coefficient (Wildman–Crippen LogP) is 2.76. The number of amides is 1. The minimum Gasteiger partial charge on any atom is -0.378 e. The number of hydrogen-bond acceptors (Lipinski definition) is 4. The summed E-state index contributed by atoms with van der Waals surface area (Å²) >= 11 is 0. The molecular weight excluding hydrogens is 304 g/mol. The van der Waals surface area contributed by atoms with Crippen molar-refractivity contribution in [2.75, 3.05) is 19.8 Å². The first-order chi connectivity index (χ1) is 11.3. The summed E-state index contributed by atoms with van der Waals surface area (Å²) in [6.07, 6.45) is 7.29. The molecule has 0 aromatic carbocycles. The van der Waals surface area contributed by atoms with Gasteiger partial charge in [0.1, 0.15) is 5.54 Å². The second-order valence-electron chi connectivity index (χ2n) is 8.12. The largest absolute Gasteiger partial charge is 0.378 e. The summed E-state index contributed by atoms with van der Waals surface area (Å²) in [6.45, 7) is 10.1. The molecular formula is C19H36N2O3. The van der Waals surface area contributed by atoms with Gasteiger partial charge < -0.3 is 20.5 Å². The zero-order chi connectivity index (χ0) is 17.8. The van der Waals surface area contributed by atoms with Crippen molar-refractivity contribution in [3.63, 3.8) is 0 Å². The summed E-state index contributed by atoms with van der Waals surface area (Å²) in [6, 6.07) is 0. The standard InChI is InChI=1S/C19H36N2O3/c1-5-12-24-18(10-8-7-9-11-18)14-21-16(22)19(20)13-15(23-6-2)17(19,3)4/h15H,5-14,20H2,1-4H3,(H,21,22). The van der Waals surface area contributed by atoms with E-state index in [1.54, 1.807) is 0 Å². The van der Waals surface area contributed by atoms with Gasteiger partial charge in [0.15, 0.2) is 0 Å². The second kappa shape index (κ2) is 7.71. The Morgan fingerprint density at radius 3 is 2.42 bits per heavy atom. The first-order valence-electron chi connectivity index (χ1n) is 9.64. The molecule has 2 saturated carbocycles. The summed E-state index contributed by atoms with van der Waals surface area (Å²) in [5, 5.41) is 3.12. The van der Waals surface area contributed by atoms with Gasteiger partial charge in [0.25, 0.3) is 0 Å². The fraction of sp³-hybridized carbons (Fsp3) is 0.947. The molecule has 2 rings (SSSR count). The van der Waals surface area contributed by atoms with E-state index < -0.39 is 5.54 Å². The molecule has 2 aliphatic carbocycles. The molecule has 24 heavy (non-hydrogen) atoms. The maximum Gasteiger partial charge on any atom is 0.240 e. The lowest BCUT2D eigenvalue weighted by Crippen LogP contribution is -2.76. The third-order valence-corrected chi connectivity index (χ3v) is 6.18. The van der Waals surface area contributed by atoms with E-state index >= 15 is 0 Å². The SMILES string of the molecule is CCCOC1(CNC(=O)C2(N)CC(OCC)C2(C)C)CCCCC1. The highest BCUT2D eigenvalue weighted by Crippen LogP contribution is 2.49. The van der Waals surface area contributed by atoms with Crippen LogP contribution in [0.4, 0.5) is 0 Å². The highest BCUT2D eigenvalue weighted by atomic mass is 16.5. The molecule has 0 aliphatic heterocycles. The third kappa shape index (κ3) is 3.63. The number of nitrogens with one attached hydrogen (secondary N) is 1. The smallest absolute Gasteiger partial charge is 0.240 e. The molecule has 0 heterocycles. The molecule has 5 nitrogen and oxygen atoms in total. The molecule has 0 radical (unpaired) electrons. The Morgan fingerprint density at radius 1 is 1.21 bits per heavy atom. The molecule has 0 aromatic rings. The summed E-state index contributed by atoms with van der Waals surface area (Å²) in [5.41, 5.74) is 5.07. The highest BCUT2D eigenvalue weighted by molar-refractivity contribution is 5.88. The van der Waals surface area contributed by atoms with Crippen molar-refractivity contribution >= 4 is 5.91 Å². The van der Waals surface area contributed by atoms with Gasteiger partial charge >= 0.3 is 0 Å². The quantitative estimate of drug-likeness (QED) is 0.712. The molecule has 0 spiro atoms. The number of carbonyl (C=O) groups is 1. The maximum atomic E-state index is 12.8. The van der Waals surface area contributed by atoms with Gasteiger partial charge in [-0.05, 0) is 26.2 Å². The van der Waals surface area contributed by atoms with Crippen LogP contribution in [0.1, 0.15) is 72.6 Å². The van der Waals surface area contributed by atoms with Crippen LogP contribution in [0.5, 0.6) is 0 Å². The van der Waals surface area contributed by atoms with Crippen LogP contribution >= 0.6 is 0 Å². The monoisotopic (exact) mass is 340 g/mol. The van der Waals surface area contributed by atoms with Crippen molar-refractivity contribution in [2.24, 2.45) is 11.1 Å². The minimum atomic E-state index is -0.854. The molecule has 140 valence electrons. The Labute approximate surface area is 147 Å². The van der Waals surface area contributed by atoms with Gasteiger partial charge in [0.2, 0.25) is 5.91 Å². The third-order valence-electron chi connectivity index (χ3n) is 6.18. The fourth-order valence-corrected chi connectivity index (χ4v) is 4.11. The summed E-state index contributed by atoms with van der Waals surface area (Å²) in [7, 11) is 0. The molecule has 0 saturated heterocycles. The number of hydrogen-bond donors (Lipinski definition) is 2. The first-order valence-corrected chi connectivity index (χ1v) is 9.64. The van der Waals surface area contributed by atoms with E-state index in [9.17, 15) is 4.79 Å². The topological polar surface area (TPSA) is 73.6 Å². The average molecular weight is 341 g/mol. The Kier molecular flexibility index (Phi) is 6.32. The number of rotatable bonds is 8. The van der Waals surface area contributed by atoms with Gasteiger partial charge in [-0.25, -0.2) is 0 Å². The zero-order valence-corrected chi connectivity index (χ0v) is 16.0. The number of carbonyl (C=O) groups excluding carboxylic acids is 1. The second-order valence-corrected chi connectivity index (χ2v) is 8.12. The molecule has 1 amide bonds. The molecule has 5 heteroatoms. The fourth-order valence-electron chi connectivity index (χ4n) is 4.11. The van der Waals surface area contributed by atoms with Crippen molar-refractivity contribution in [2.45, 2.75) is 89.9 Å². The van der Waals surface area contributed by atoms with E-state index in [-0.39, 0.29) is 23.0 Å². The van der Waals surface area contributed by atoms with Gasteiger partial charge in [-0.15, -0.1) is 0 Å². The lowest BCUT2D eigenvalue weighted by Gasteiger charge is -2.57. The van der Waals surface area contributed by atoms with Gasteiger partial charge in [0.05, 0.1) is 11.7 Å². The van der Waals surface area contributed by atoms with Crippen LogP contribution in [0, 0.1) is 5.41 Å². The van der Waals surface area contributed by atoms with Crippen LogP contribution in [-0.4, -0.2) is 42.9 Å². The van der Waals surface area contributed by atoms with Crippen molar-refractivity contribution in [3.05, 3.63) is 0 Å². The molecule has 3 N–H and O–H groups in total. The normalized spacial score (nSPS) is 31.3. The molecule has 2 atom stereocenters. The lowest BCUT2D eigenvalue weighted by molar-refractivity contribution is -0.172. The first kappa shape index (κ1) is 19.7. The minimum absolute atomic E-state index is 0.0539. The van der Waals surface area contributed by atoms with Gasteiger partial charge in [-0.3, -0.25) is 4.79 Å². The van der Waals surface area contributed by atoms with Crippen molar-refractivity contribution in [3.8, 4) is 0 Å². The van der Waals surface area contributed by atoms with Gasteiger partial charge in [0, 0.05) is 31.6 Å². The Morgan fingerprint density at radius 2 is 1.88 bits per heavy atom. The van der Waals surface area contributed by atoms with Gasteiger partial charge in [-0.1, -0.05) is 40.0 Å². The van der Waals surface area contributed by atoms with Crippen LogP contribution in [-0.2, 0) is 14.3 Å². The van der Waals surface area contributed by atoms with Crippen molar-refractivity contribution in [1.82, 2.24) is 5.32 Å². The van der Waals surface area contributed by atoms with E-state index in [2.05, 4.69) is 12.2 Å². The van der Waals surface area contributed by atoms with E-state index in [4.69, 9.17) is 15.2 Å². The molecule has 0 bridgehead atoms. The molecule has 0 aromatic heterocycles. The van der Waals surface area contributed by atoms with Crippen LogP contribution in [0.25, 0.3) is 0 Å². The lowest BCUT2D eigenvalue weighted by atomic mass is 9.54. The van der Waals surface area contributed by atoms with Crippen LogP contribution in [0.2, 0.25) is 0 Å². The van der Waals surface area contributed by atoms with E-state index in [1.807, 2.05) is 20.8 Å². The zero-order valence-electron chi connectivity index (χ0n) is 16.0. The predicted molar refractivity (Wildman–Crippen MR) is 95.8 cm³/mol. The number of ether oxygens (including phenoxy) is 2. The van der Waals surface area contributed by atoms with Crippen LogP contribution < -0.4 is 11.1 Å². The Bertz CT molecular complexity index is 432. The molecule has 2 aliphatic rings.